The first kappa shape index (κ1) is 15.5. The summed E-state index contributed by atoms with van der Waals surface area (Å²) in [5.41, 5.74) is -0.301. The first-order valence-electron chi connectivity index (χ1n) is 5.77. The van der Waals surface area contributed by atoms with Crippen LogP contribution in [0.5, 0.6) is 0 Å². The van der Waals surface area contributed by atoms with Gasteiger partial charge in [0.15, 0.2) is 0 Å². The minimum atomic E-state index is -3.84. The van der Waals surface area contributed by atoms with Crippen LogP contribution in [0.2, 0.25) is 0 Å². The number of rotatable bonds is 4. The molecule has 0 spiro atoms. The molecule has 0 amide bonds. The van der Waals surface area contributed by atoms with Gasteiger partial charge in [0.05, 0.1) is 21.7 Å². The van der Waals surface area contributed by atoms with Crippen LogP contribution in [-0.2, 0) is 19.9 Å². The lowest BCUT2D eigenvalue weighted by atomic mass is 10.3. The van der Waals surface area contributed by atoms with Crippen LogP contribution < -0.4 is 4.72 Å². The van der Waals surface area contributed by atoms with Crippen molar-refractivity contribution in [3.05, 3.63) is 54.3 Å². The van der Waals surface area contributed by atoms with Gasteiger partial charge in [-0.25, -0.2) is 21.2 Å². The molecule has 0 unspecified atom stereocenters. The number of hydrogen-bond donors (Lipinski definition) is 1. The molecule has 0 bridgehead atoms. The third-order valence-corrected chi connectivity index (χ3v) is 4.96. The number of benzene rings is 2. The second kappa shape index (κ2) is 5.45. The van der Waals surface area contributed by atoms with E-state index in [2.05, 4.69) is 0 Å². The van der Waals surface area contributed by atoms with Crippen LogP contribution in [0.4, 0.5) is 10.1 Å². The molecule has 8 heteroatoms. The summed E-state index contributed by atoms with van der Waals surface area (Å²) in [4.78, 5) is -0.210. The van der Waals surface area contributed by atoms with Gasteiger partial charge in [-0.3, -0.25) is 4.72 Å². The van der Waals surface area contributed by atoms with E-state index in [-0.39, 0.29) is 15.5 Å². The van der Waals surface area contributed by atoms with Crippen LogP contribution in [0.1, 0.15) is 0 Å². The van der Waals surface area contributed by atoms with Gasteiger partial charge in [0, 0.05) is 0 Å². The van der Waals surface area contributed by atoms with Crippen molar-refractivity contribution in [2.45, 2.75) is 9.79 Å². The zero-order valence-corrected chi connectivity index (χ0v) is 12.6. The van der Waals surface area contributed by atoms with E-state index >= 15 is 0 Å². The average molecular weight is 329 g/mol. The van der Waals surface area contributed by atoms with Crippen LogP contribution >= 0.6 is 0 Å². The fourth-order valence-electron chi connectivity index (χ4n) is 1.68. The van der Waals surface area contributed by atoms with E-state index in [1.54, 1.807) is 18.2 Å². The van der Waals surface area contributed by atoms with E-state index in [1.807, 2.05) is 4.72 Å². The Morgan fingerprint density at radius 2 is 1.52 bits per heavy atom. The number of sulfone groups is 1. The Morgan fingerprint density at radius 1 is 0.905 bits per heavy atom. The van der Waals surface area contributed by atoms with Gasteiger partial charge in [0.25, 0.3) is 0 Å². The standard InChI is InChI=1S/C13H12FNO4S2/c1-20(16,17)15-13-8-7-11(9-12(13)14)21(18,19)10-5-3-2-4-6-10/h2-9,15H,1H3. The summed E-state index contributed by atoms with van der Waals surface area (Å²) in [7, 11) is -7.48. The summed E-state index contributed by atoms with van der Waals surface area (Å²) in [6.07, 6.45) is 0.876. The molecule has 2 aromatic carbocycles. The topological polar surface area (TPSA) is 80.3 Å². The molecule has 0 aliphatic heterocycles. The maximum atomic E-state index is 13.8. The van der Waals surface area contributed by atoms with Crippen molar-refractivity contribution >= 4 is 25.5 Å². The second-order valence-electron chi connectivity index (χ2n) is 4.33. The number of hydrogen-bond acceptors (Lipinski definition) is 4. The lowest BCUT2D eigenvalue weighted by Crippen LogP contribution is -2.11. The molecule has 21 heavy (non-hydrogen) atoms. The predicted molar refractivity (Wildman–Crippen MR) is 76.8 cm³/mol. The molecule has 0 radical (unpaired) electrons. The van der Waals surface area contributed by atoms with Crippen molar-refractivity contribution in [3.63, 3.8) is 0 Å². The van der Waals surface area contributed by atoms with E-state index in [4.69, 9.17) is 0 Å². The Morgan fingerprint density at radius 3 is 2.05 bits per heavy atom. The zero-order valence-electron chi connectivity index (χ0n) is 10.9. The summed E-state index contributed by atoms with van der Waals surface area (Å²) >= 11 is 0. The molecule has 5 nitrogen and oxygen atoms in total. The number of halogens is 1. The molecular weight excluding hydrogens is 317 g/mol. The van der Waals surface area contributed by atoms with Gasteiger partial charge in [0.2, 0.25) is 19.9 Å². The summed E-state index contributed by atoms with van der Waals surface area (Å²) in [5.74, 6) is -0.961. The smallest absolute Gasteiger partial charge is 0.229 e. The summed E-state index contributed by atoms with van der Waals surface area (Å²) < 4.78 is 62.5. The van der Waals surface area contributed by atoms with Crippen molar-refractivity contribution in [1.82, 2.24) is 0 Å². The average Bonchev–Trinajstić information content (AvgIpc) is 2.40. The molecule has 0 fully saturated rings. The van der Waals surface area contributed by atoms with E-state index in [1.165, 1.54) is 12.1 Å². The lowest BCUT2D eigenvalue weighted by molar-refractivity contribution is 0.591. The minimum absolute atomic E-state index is 0.0354. The van der Waals surface area contributed by atoms with Crippen molar-refractivity contribution in [3.8, 4) is 0 Å². The van der Waals surface area contributed by atoms with Gasteiger partial charge >= 0.3 is 0 Å². The third kappa shape index (κ3) is 3.59. The van der Waals surface area contributed by atoms with Crippen molar-refractivity contribution < 1.29 is 21.2 Å². The maximum absolute atomic E-state index is 13.8. The predicted octanol–water partition coefficient (Wildman–Crippen LogP) is 2.03. The molecule has 2 rings (SSSR count). The molecule has 0 saturated carbocycles. The highest BCUT2D eigenvalue weighted by Gasteiger charge is 2.19. The van der Waals surface area contributed by atoms with E-state index < -0.39 is 25.7 Å². The molecule has 2 aromatic rings. The van der Waals surface area contributed by atoms with Crippen LogP contribution in [0, 0.1) is 5.82 Å². The highest BCUT2D eigenvalue weighted by molar-refractivity contribution is 7.92. The molecule has 0 saturated heterocycles. The third-order valence-electron chi connectivity index (χ3n) is 2.60. The van der Waals surface area contributed by atoms with Gasteiger partial charge < -0.3 is 0 Å². The van der Waals surface area contributed by atoms with Gasteiger partial charge in [-0.1, -0.05) is 18.2 Å². The molecule has 1 N–H and O–H groups in total. The number of sulfonamides is 1. The fraction of sp³-hybridized carbons (Fsp3) is 0.0769. The Balaban J connectivity index is 2.46. The van der Waals surface area contributed by atoms with Crippen molar-refractivity contribution in [1.29, 1.82) is 0 Å². The first-order chi connectivity index (χ1) is 9.70. The van der Waals surface area contributed by atoms with Crippen LogP contribution in [-0.4, -0.2) is 23.1 Å². The second-order valence-corrected chi connectivity index (χ2v) is 8.03. The maximum Gasteiger partial charge on any atom is 0.229 e. The minimum Gasteiger partial charge on any atom is -0.281 e. The van der Waals surface area contributed by atoms with Gasteiger partial charge in [-0.05, 0) is 30.3 Å². The van der Waals surface area contributed by atoms with Crippen LogP contribution in [0.3, 0.4) is 0 Å². The molecule has 0 aromatic heterocycles. The summed E-state index contributed by atoms with van der Waals surface area (Å²) in [5, 5.41) is 0. The zero-order chi connectivity index (χ0) is 15.7. The molecule has 0 aliphatic carbocycles. The Bertz CT molecular complexity index is 862. The molecule has 112 valence electrons. The van der Waals surface area contributed by atoms with Crippen LogP contribution in [0.25, 0.3) is 0 Å². The number of nitrogens with one attached hydrogen (secondary N) is 1. The molecule has 0 aliphatic rings. The Labute approximate surface area is 122 Å². The Hall–Kier alpha value is -1.93. The summed E-state index contributed by atoms with van der Waals surface area (Å²) in [6.45, 7) is 0. The van der Waals surface area contributed by atoms with Gasteiger partial charge in [0.1, 0.15) is 5.82 Å². The monoisotopic (exact) mass is 329 g/mol. The normalized spacial score (nSPS) is 12.1. The van der Waals surface area contributed by atoms with Gasteiger partial charge in [-0.15, -0.1) is 0 Å². The molecule has 0 atom stereocenters. The van der Waals surface area contributed by atoms with E-state index in [0.717, 1.165) is 24.5 Å². The Kier molecular flexibility index (Phi) is 4.02. The van der Waals surface area contributed by atoms with E-state index in [0.29, 0.717) is 0 Å². The largest absolute Gasteiger partial charge is 0.281 e. The summed E-state index contributed by atoms with van der Waals surface area (Å²) in [6, 6.07) is 10.6. The molecule has 0 heterocycles. The first-order valence-corrected chi connectivity index (χ1v) is 9.15. The van der Waals surface area contributed by atoms with Gasteiger partial charge in [-0.2, -0.15) is 0 Å². The highest BCUT2D eigenvalue weighted by atomic mass is 32.2. The van der Waals surface area contributed by atoms with E-state index in [9.17, 15) is 21.2 Å². The highest BCUT2D eigenvalue weighted by Crippen LogP contribution is 2.24. The van der Waals surface area contributed by atoms with Crippen molar-refractivity contribution in [2.24, 2.45) is 0 Å². The fourth-order valence-corrected chi connectivity index (χ4v) is 3.54. The quantitative estimate of drug-likeness (QED) is 0.931. The van der Waals surface area contributed by atoms with Crippen molar-refractivity contribution in [2.75, 3.05) is 11.0 Å². The van der Waals surface area contributed by atoms with Crippen LogP contribution in [0.15, 0.2) is 58.3 Å². The SMILES string of the molecule is CS(=O)(=O)Nc1ccc(S(=O)(=O)c2ccccc2)cc1F. The lowest BCUT2D eigenvalue weighted by Gasteiger charge is -2.08. The number of anilines is 1. The molecular formula is C13H12FNO4S2.